The van der Waals surface area contributed by atoms with Crippen LogP contribution in [0, 0.1) is 5.92 Å². The number of rotatable bonds is 11. The Morgan fingerprint density at radius 2 is 1.75 bits per heavy atom. The number of ether oxygens (including phenoxy) is 2. The quantitative estimate of drug-likeness (QED) is 0.256. The number of esters is 1. The van der Waals surface area contributed by atoms with Crippen LogP contribution >= 0.6 is 11.6 Å². The first kappa shape index (κ1) is 30.0. The van der Waals surface area contributed by atoms with Gasteiger partial charge >= 0.3 is 5.97 Å². The number of hydrogen-bond donors (Lipinski definition) is 2. The summed E-state index contributed by atoms with van der Waals surface area (Å²) < 4.78 is 41.0. The molecule has 0 unspecified atom stereocenters. The summed E-state index contributed by atoms with van der Waals surface area (Å²) in [5, 5.41) is 4.16. The normalized spacial score (nSPS) is 17.6. The van der Waals surface area contributed by atoms with E-state index in [0.717, 1.165) is 22.2 Å². The highest BCUT2D eigenvalue weighted by molar-refractivity contribution is 7.89. The van der Waals surface area contributed by atoms with Gasteiger partial charge in [-0.1, -0.05) is 35.9 Å². The summed E-state index contributed by atoms with van der Waals surface area (Å²) in [6.07, 6.45) is 3.33. The van der Waals surface area contributed by atoms with Crippen molar-refractivity contribution in [2.75, 3.05) is 27.4 Å². The number of carbonyl (C=O) groups is 2. The topological polar surface area (TPSA) is 116 Å². The minimum absolute atomic E-state index is 0.00367. The average molecular weight is 590 g/mol. The fourth-order valence-electron chi connectivity index (χ4n) is 5.22. The van der Waals surface area contributed by atoms with Crippen molar-refractivity contribution in [2.45, 2.75) is 49.5 Å². The highest BCUT2D eigenvalue weighted by Gasteiger charge is 2.29. The molecule has 11 heteroatoms. The van der Waals surface area contributed by atoms with Crippen molar-refractivity contribution in [3.05, 3.63) is 53.1 Å². The van der Waals surface area contributed by atoms with E-state index in [9.17, 15) is 18.0 Å². The third kappa shape index (κ3) is 6.86. The summed E-state index contributed by atoms with van der Waals surface area (Å²) in [6, 6.07) is 12.5. The van der Waals surface area contributed by atoms with Crippen molar-refractivity contribution in [2.24, 2.45) is 13.0 Å². The van der Waals surface area contributed by atoms with Gasteiger partial charge in [0.05, 0.1) is 34.8 Å². The Kier molecular flexibility index (Phi) is 9.89. The van der Waals surface area contributed by atoms with E-state index in [1.54, 1.807) is 25.3 Å². The molecule has 1 aliphatic rings. The first-order chi connectivity index (χ1) is 19.1. The van der Waals surface area contributed by atoms with Crippen LogP contribution in [-0.4, -0.2) is 58.3 Å². The summed E-state index contributed by atoms with van der Waals surface area (Å²) in [6.45, 7) is 0.932. The molecule has 1 fully saturated rings. The lowest BCUT2D eigenvalue weighted by Gasteiger charge is -2.28. The number of nitrogens with zero attached hydrogens (tertiary/aromatic N) is 1. The van der Waals surface area contributed by atoms with E-state index < -0.39 is 10.0 Å². The molecule has 216 valence electrons. The van der Waals surface area contributed by atoms with Gasteiger partial charge in [0.1, 0.15) is 0 Å². The van der Waals surface area contributed by atoms with Crippen molar-refractivity contribution in [3.63, 3.8) is 0 Å². The van der Waals surface area contributed by atoms with Crippen molar-refractivity contribution < 1.29 is 27.5 Å². The summed E-state index contributed by atoms with van der Waals surface area (Å²) in [7, 11) is 1.04. The highest BCUT2D eigenvalue weighted by Crippen LogP contribution is 2.38. The molecule has 0 atom stereocenters. The molecule has 4 rings (SSSR count). The molecule has 1 saturated carbocycles. The van der Waals surface area contributed by atoms with Gasteiger partial charge in [0.2, 0.25) is 15.9 Å². The SMILES string of the molecule is COCCNC(=O)[C@H]1CC[C@H](NS(=O)(=O)c2ccc3c(Cl)c(-c4ccc(CCC(=O)OC)cc4)n(C)c3c2)CC1. The third-order valence-electron chi connectivity index (χ3n) is 7.52. The minimum atomic E-state index is -3.77. The number of methoxy groups -OCH3 is 2. The Labute approximate surface area is 240 Å². The number of carbonyl (C=O) groups excluding carboxylic acids is 2. The molecule has 0 radical (unpaired) electrons. The van der Waals surface area contributed by atoms with Gasteiger partial charge in [-0.05, 0) is 61.4 Å². The average Bonchev–Trinajstić information content (AvgIpc) is 3.21. The second-order valence-corrected chi connectivity index (χ2v) is 12.2. The van der Waals surface area contributed by atoms with Crippen LogP contribution in [-0.2, 0) is 42.6 Å². The summed E-state index contributed by atoms with van der Waals surface area (Å²) >= 11 is 6.77. The smallest absolute Gasteiger partial charge is 0.305 e. The van der Waals surface area contributed by atoms with Gasteiger partial charge in [0, 0.05) is 44.5 Å². The Morgan fingerprint density at radius 1 is 1.05 bits per heavy atom. The molecule has 2 aromatic carbocycles. The maximum atomic E-state index is 13.3. The summed E-state index contributed by atoms with van der Waals surface area (Å²) in [5.41, 5.74) is 3.37. The van der Waals surface area contributed by atoms with Crippen LogP contribution in [0.2, 0.25) is 5.02 Å². The fourth-order valence-corrected chi connectivity index (χ4v) is 6.94. The van der Waals surface area contributed by atoms with Crippen molar-refractivity contribution in [3.8, 4) is 11.3 Å². The second-order valence-electron chi connectivity index (χ2n) is 10.1. The van der Waals surface area contributed by atoms with E-state index in [1.807, 2.05) is 35.9 Å². The van der Waals surface area contributed by atoms with E-state index >= 15 is 0 Å². The number of sulfonamides is 1. The minimum Gasteiger partial charge on any atom is -0.469 e. The molecule has 0 aliphatic heterocycles. The highest BCUT2D eigenvalue weighted by atomic mass is 35.5. The number of nitrogens with one attached hydrogen (secondary N) is 2. The number of aromatic nitrogens is 1. The van der Waals surface area contributed by atoms with Crippen LogP contribution in [0.15, 0.2) is 47.4 Å². The standard InChI is InChI=1S/C29H36ClN3O6S/c1-33-25-18-23(40(36,37)32-22-11-9-21(10-12-22)29(35)31-16-17-38-2)13-14-24(25)27(30)28(33)20-7-4-19(5-8-20)6-15-26(34)39-3/h4-5,7-8,13-14,18,21-22,32H,6,9-12,15-17H2,1-3H3,(H,31,35)/t21-,22-. The molecule has 40 heavy (non-hydrogen) atoms. The zero-order valence-electron chi connectivity index (χ0n) is 23.0. The number of amides is 1. The van der Waals surface area contributed by atoms with Crippen molar-refractivity contribution in [1.82, 2.24) is 14.6 Å². The molecule has 9 nitrogen and oxygen atoms in total. The van der Waals surface area contributed by atoms with Gasteiger partial charge in [-0.15, -0.1) is 0 Å². The zero-order valence-corrected chi connectivity index (χ0v) is 24.6. The van der Waals surface area contributed by atoms with Gasteiger partial charge in [-0.25, -0.2) is 13.1 Å². The van der Waals surface area contributed by atoms with E-state index in [0.29, 0.717) is 62.2 Å². The molecule has 0 saturated heterocycles. The predicted octanol–water partition coefficient (Wildman–Crippen LogP) is 4.20. The van der Waals surface area contributed by atoms with Gasteiger partial charge < -0.3 is 19.4 Å². The van der Waals surface area contributed by atoms with Crippen LogP contribution < -0.4 is 10.0 Å². The molecule has 0 bridgehead atoms. The van der Waals surface area contributed by atoms with Crippen molar-refractivity contribution in [1.29, 1.82) is 0 Å². The molecule has 1 aliphatic carbocycles. The van der Waals surface area contributed by atoms with Gasteiger partial charge in [0.25, 0.3) is 0 Å². The number of hydrogen-bond acceptors (Lipinski definition) is 6. The maximum Gasteiger partial charge on any atom is 0.305 e. The van der Waals surface area contributed by atoms with Gasteiger partial charge in [-0.3, -0.25) is 9.59 Å². The van der Waals surface area contributed by atoms with Crippen LogP contribution in [0.25, 0.3) is 22.2 Å². The maximum absolute atomic E-state index is 13.3. The van der Waals surface area contributed by atoms with Crippen LogP contribution in [0.4, 0.5) is 0 Å². The Hall–Kier alpha value is -2.92. The first-order valence-corrected chi connectivity index (χ1v) is 15.2. The van der Waals surface area contributed by atoms with E-state index in [2.05, 4.69) is 10.0 Å². The molecule has 1 heterocycles. The lowest BCUT2D eigenvalue weighted by atomic mass is 9.86. The lowest BCUT2D eigenvalue weighted by molar-refractivity contribution is -0.140. The Bertz CT molecular complexity index is 1460. The van der Waals surface area contributed by atoms with Gasteiger partial charge in [-0.2, -0.15) is 0 Å². The first-order valence-electron chi connectivity index (χ1n) is 13.4. The predicted molar refractivity (Wildman–Crippen MR) is 155 cm³/mol. The summed E-state index contributed by atoms with van der Waals surface area (Å²) in [4.78, 5) is 23.9. The third-order valence-corrected chi connectivity index (χ3v) is 9.42. The zero-order chi connectivity index (χ0) is 28.9. The molecular formula is C29H36ClN3O6S. The van der Waals surface area contributed by atoms with E-state index in [-0.39, 0.29) is 28.7 Å². The molecule has 3 aromatic rings. The van der Waals surface area contributed by atoms with Crippen LogP contribution in [0.5, 0.6) is 0 Å². The Morgan fingerprint density at radius 3 is 2.40 bits per heavy atom. The number of fused-ring (bicyclic) bond motifs is 1. The van der Waals surface area contributed by atoms with E-state index in [1.165, 1.54) is 7.11 Å². The number of aryl methyl sites for hydroxylation is 2. The molecule has 2 N–H and O–H groups in total. The lowest BCUT2D eigenvalue weighted by Crippen LogP contribution is -2.41. The molecule has 1 aromatic heterocycles. The molecular weight excluding hydrogens is 554 g/mol. The Balaban J connectivity index is 1.46. The monoisotopic (exact) mass is 589 g/mol. The largest absolute Gasteiger partial charge is 0.469 e. The second kappa shape index (κ2) is 13.2. The number of benzene rings is 2. The van der Waals surface area contributed by atoms with E-state index in [4.69, 9.17) is 21.1 Å². The van der Waals surface area contributed by atoms with Gasteiger partial charge in [0.15, 0.2) is 0 Å². The van der Waals surface area contributed by atoms with Crippen LogP contribution in [0.3, 0.4) is 0 Å². The fraction of sp³-hybridized carbons (Fsp3) is 0.448. The summed E-state index contributed by atoms with van der Waals surface area (Å²) in [5.74, 6) is -0.370. The molecule has 0 spiro atoms. The van der Waals surface area contributed by atoms with Crippen LogP contribution in [0.1, 0.15) is 37.7 Å². The molecule has 1 amide bonds. The number of halogens is 1. The van der Waals surface area contributed by atoms with Crippen molar-refractivity contribution >= 4 is 44.4 Å².